The molecule has 0 radical (unpaired) electrons. The lowest BCUT2D eigenvalue weighted by Gasteiger charge is -2.41. The third-order valence-corrected chi connectivity index (χ3v) is 6.35. The normalized spacial score (nSPS) is 20.1. The van der Waals surface area contributed by atoms with Gasteiger partial charge < -0.3 is 9.64 Å². The molecule has 2 aliphatic heterocycles. The van der Waals surface area contributed by atoms with E-state index in [9.17, 15) is 4.79 Å². The summed E-state index contributed by atoms with van der Waals surface area (Å²) in [6.45, 7) is 7.82. The maximum Gasteiger partial charge on any atom is 0.253 e. The highest BCUT2D eigenvalue weighted by Crippen LogP contribution is 2.26. The van der Waals surface area contributed by atoms with E-state index in [0.717, 1.165) is 68.9 Å². The van der Waals surface area contributed by atoms with Crippen molar-refractivity contribution in [3.8, 4) is 11.1 Å². The van der Waals surface area contributed by atoms with E-state index < -0.39 is 0 Å². The van der Waals surface area contributed by atoms with Crippen molar-refractivity contribution < 1.29 is 9.53 Å². The van der Waals surface area contributed by atoms with E-state index in [2.05, 4.69) is 30.0 Å². The molecule has 148 valence electrons. The number of benzene rings is 2. The molecule has 4 heteroatoms. The second-order valence-corrected chi connectivity index (χ2v) is 7.97. The Kier molecular flexibility index (Phi) is 6.08. The predicted molar refractivity (Wildman–Crippen MR) is 112 cm³/mol. The first kappa shape index (κ1) is 19.2. The minimum absolute atomic E-state index is 0.162. The van der Waals surface area contributed by atoms with Crippen LogP contribution in [0.1, 0.15) is 30.1 Å². The number of ether oxygens (including phenoxy) is 1. The minimum Gasteiger partial charge on any atom is -0.379 e. The molecule has 2 saturated heterocycles. The molecule has 2 heterocycles. The zero-order valence-corrected chi connectivity index (χ0v) is 16.7. The second-order valence-electron chi connectivity index (χ2n) is 7.97. The van der Waals surface area contributed by atoms with Gasteiger partial charge in [-0.1, -0.05) is 42.5 Å². The monoisotopic (exact) mass is 378 g/mol. The molecule has 0 saturated carbocycles. The van der Waals surface area contributed by atoms with Gasteiger partial charge in [-0.3, -0.25) is 9.69 Å². The maximum atomic E-state index is 13.1. The van der Waals surface area contributed by atoms with Crippen LogP contribution >= 0.6 is 0 Å². The van der Waals surface area contributed by atoms with Crippen LogP contribution in [0.3, 0.4) is 0 Å². The van der Waals surface area contributed by atoms with Crippen molar-refractivity contribution in [2.24, 2.45) is 5.92 Å². The van der Waals surface area contributed by atoms with Crippen molar-refractivity contribution in [3.05, 3.63) is 60.2 Å². The van der Waals surface area contributed by atoms with Gasteiger partial charge in [0.2, 0.25) is 0 Å². The van der Waals surface area contributed by atoms with Gasteiger partial charge in [-0.25, -0.2) is 0 Å². The van der Waals surface area contributed by atoms with Crippen molar-refractivity contribution in [2.75, 3.05) is 39.4 Å². The first-order valence-electron chi connectivity index (χ1n) is 10.5. The summed E-state index contributed by atoms with van der Waals surface area (Å²) >= 11 is 0. The van der Waals surface area contributed by atoms with Gasteiger partial charge in [-0.2, -0.15) is 0 Å². The summed E-state index contributed by atoms with van der Waals surface area (Å²) in [5.41, 5.74) is 3.04. The van der Waals surface area contributed by atoms with Crippen LogP contribution in [-0.4, -0.2) is 61.1 Å². The van der Waals surface area contributed by atoms with Gasteiger partial charge in [0.05, 0.1) is 13.2 Å². The van der Waals surface area contributed by atoms with Crippen LogP contribution < -0.4 is 0 Å². The van der Waals surface area contributed by atoms with Gasteiger partial charge in [-0.05, 0) is 48.9 Å². The molecule has 1 amide bonds. The molecule has 4 nitrogen and oxygen atoms in total. The quantitative estimate of drug-likeness (QED) is 0.808. The Hall–Kier alpha value is -2.17. The van der Waals surface area contributed by atoms with Crippen molar-refractivity contribution in [1.29, 1.82) is 0 Å². The lowest BCUT2D eigenvalue weighted by molar-refractivity contribution is -0.000950. The van der Waals surface area contributed by atoms with E-state index in [1.807, 2.05) is 41.3 Å². The van der Waals surface area contributed by atoms with E-state index in [1.54, 1.807) is 0 Å². The lowest BCUT2D eigenvalue weighted by atomic mass is 9.89. The lowest BCUT2D eigenvalue weighted by Crippen LogP contribution is -2.49. The summed E-state index contributed by atoms with van der Waals surface area (Å²) in [6.07, 6.45) is 2.17. The standard InChI is InChI=1S/C24H30N2O2/c1-19(25-14-16-28-17-15-25)20-10-12-26(13-11-20)24(27)23-9-5-8-22(18-23)21-6-3-2-4-7-21/h2-9,18-20H,10-17H2,1H3/t19-/m1/s1. The molecule has 0 aromatic heterocycles. The molecule has 2 aliphatic rings. The zero-order valence-electron chi connectivity index (χ0n) is 16.7. The molecular formula is C24H30N2O2. The Balaban J connectivity index is 1.38. The highest BCUT2D eigenvalue weighted by Gasteiger charge is 2.30. The molecule has 2 aromatic carbocycles. The Morgan fingerprint density at radius 1 is 0.929 bits per heavy atom. The predicted octanol–water partition coefficient (Wildman–Crippen LogP) is 3.93. The number of nitrogens with zero attached hydrogens (tertiary/aromatic N) is 2. The summed E-state index contributed by atoms with van der Waals surface area (Å²) in [6, 6.07) is 18.9. The molecule has 2 aromatic rings. The van der Waals surface area contributed by atoms with E-state index in [0.29, 0.717) is 12.0 Å². The summed E-state index contributed by atoms with van der Waals surface area (Å²) in [5, 5.41) is 0. The molecule has 28 heavy (non-hydrogen) atoms. The van der Waals surface area contributed by atoms with Crippen LogP contribution in [0.5, 0.6) is 0 Å². The number of morpholine rings is 1. The van der Waals surface area contributed by atoms with Crippen LogP contribution in [0, 0.1) is 5.92 Å². The van der Waals surface area contributed by atoms with Crippen LogP contribution in [-0.2, 0) is 4.74 Å². The fraction of sp³-hybridized carbons (Fsp3) is 0.458. The number of hydrogen-bond acceptors (Lipinski definition) is 3. The number of amides is 1. The largest absolute Gasteiger partial charge is 0.379 e. The SMILES string of the molecule is C[C@H](C1CCN(C(=O)c2cccc(-c3ccccc3)c2)CC1)N1CCOCC1. The Labute approximate surface area is 168 Å². The third kappa shape index (κ3) is 4.29. The fourth-order valence-corrected chi connectivity index (χ4v) is 4.51. The molecule has 1 atom stereocenters. The van der Waals surface area contributed by atoms with E-state index >= 15 is 0 Å². The summed E-state index contributed by atoms with van der Waals surface area (Å²) in [7, 11) is 0. The van der Waals surface area contributed by atoms with Crippen LogP contribution in [0.2, 0.25) is 0 Å². The zero-order chi connectivity index (χ0) is 19.3. The number of rotatable bonds is 4. The average Bonchev–Trinajstić information content (AvgIpc) is 2.79. The smallest absolute Gasteiger partial charge is 0.253 e. The maximum absolute atomic E-state index is 13.1. The topological polar surface area (TPSA) is 32.8 Å². The van der Waals surface area contributed by atoms with Crippen LogP contribution in [0.4, 0.5) is 0 Å². The van der Waals surface area contributed by atoms with E-state index in [4.69, 9.17) is 4.74 Å². The van der Waals surface area contributed by atoms with Crippen molar-refractivity contribution in [2.45, 2.75) is 25.8 Å². The number of piperidine rings is 1. The van der Waals surface area contributed by atoms with Gasteiger partial charge >= 0.3 is 0 Å². The Morgan fingerprint density at radius 2 is 1.61 bits per heavy atom. The Bertz CT molecular complexity index is 778. The molecule has 4 rings (SSSR count). The van der Waals surface area contributed by atoms with Gasteiger partial charge in [0, 0.05) is 37.8 Å². The van der Waals surface area contributed by atoms with Crippen molar-refractivity contribution in [1.82, 2.24) is 9.80 Å². The molecule has 0 unspecified atom stereocenters. The van der Waals surface area contributed by atoms with Crippen LogP contribution in [0.25, 0.3) is 11.1 Å². The molecule has 0 bridgehead atoms. The summed E-state index contributed by atoms with van der Waals surface area (Å²) in [4.78, 5) is 17.6. The summed E-state index contributed by atoms with van der Waals surface area (Å²) < 4.78 is 5.48. The fourth-order valence-electron chi connectivity index (χ4n) is 4.51. The summed E-state index contributed by atoms with van der Waals surface area (Å²) in [5.74, 6) is 0.827. The Morgan fingerprint density at radius 3 is 2.32 bits per heavy atom. The molecule has 0 spiro atoms. The minimum atomic E-state index is 0.162. The van der Waals surface area contributed by atoms with Gasteiger partial charge in [-0.15, -0.1) is 0 Å². The van der Waals surface area contributed by atoms with Crippen LogP contribution in [0.15, 0.2) is 54.6 Å². The van der Waals surface area contributed by atoms with Gasteiger partial charge in [0.15, 0.2) is 0 Å². The number of likely N-dealkylation sites (tertiary alicyclic amines) is 1. The number of hydrogen-bond donors (Lipinski definition) is 0. The van der Waals surface area contributed by atoms with Gasteiger partial charge in [0.25, 0.3) is 5.91 Å². The van der Waals surface area contributed by atoms with Crippen molar-refractivity contribution in [3.63, 3.8) is 0 Å². The van der Waals surface area contributed by atoms with E-state index in [-0.39, 0.29) is 5.91 Å². The highest BCUT2D eigenvalue weighted by atomic mass is 16.5. The molecule has 2 fully saturated rings. The highest BCUT2D eigenvalue weighted by molar-refractivity contribution is 5.95. The second kappa shape index (κ2) is 8.89. The average molecular weight is 379 g/mol. The number of carbonyl (C=O) groups is 1. The first-order chi connectivity index (χ1) is 13.7. The third-order valence-electron chi connectivity index (χ3n) is 6.35. The molecule has 0 N–H and O–H groups in total. The van der Waals surface area contributed by atoms with Crippen molar-refractivity contribution >= 4 is 5.91 Å². The number of carbonyl (C=O) groups excluding carboxylic acids is 1. The van der Waals surface area contributed by atoms with Gasteiger partial charge in [0.1, 0.15) is 0 Å². The first-order valence-corrected chi connectivity index (χ1v) is 10.5. The molecular weight excluding hydrogens is 348 g/mol. The van der Waals surface area contributed by atoms with E-state index in [1.165, 1.54) is 0 Å². The molecule has 0 aliphatic carbocycles.